The van der Waals surface area contributed by atoms with E-state index >= 15 is 0 Å². The van der Waals surface area contributed by atoms with Gasteiger partial charge >= 0.3 is 6.09 Å². The molecule has 2 aromatic carbocycles. The number of hydrogen-bond donors (Lipinski definition) is 3. The minimum absolute atomic E-state index is 0.201. The minimum atomic E-state index is -1.24. The van der Waals surface area contributed by atoms with E-state index in [1.807, 2.05) is 20.8 Å². The quantitative estimate of drug-likeness (QED) is 0.409. The van der Waals surface area contributed by atoms with Crippen molar-refractivity contribution in [3.05, 3.63) is 53.3 Å². The van der Waals surface area contributed by atoms with Crippen molar-refractivity contribution in [3.63, 3.8) is 0 Å². The van der Waals surface area contributed by atoms with Gasteiger partial charge in [-0.2, -0.15) is 0 Å². The first-order valence-electron chi connectivity index (χ1n) is 8.62. The minimum Gasteiger partial charge on any atom is -0.490 e. The van der Waals surface area contributed by atoms with Crippen LogP contribution in [-0.2, 0) is 4.74 Å². The molecule has 0 radical (unpaired) electrons. The Morgan fingerprint density at radius 3 is 2.46 bits per heavy atom. The van der Waals surface area contributed by atoms with E-state index in [0.717, 1.165) is 0 Å². The Hall–Kier alpha value is -3.24. The summed E-state index contributed by atoms with van der Waals surface area (Å²) in [4.78, 5) is 10.9. The zero-order chi connectivity index (χ0) is 20.7. The van der Waals surface area contributed by atoms with E-state index in [4.69, 9.17) is 20.3 Å². The lowest BCUT2D eigenvalue weighted by atomic mass is 10.1. The molecule has 0 atom stereocenters. The van der Waals surface area contributed by atoms with E-state index < -0.39 is 6.09 Å². The second-order valence-corrected chi connectivity index (χ2v) is 6.93. The van der Waals surface area contributed by atoms with E-state index in [9.17, 15) is 9.18 Å². The van der Waals surface area contributed by atoms with Gasteiger partial charge in [-0.25, -0.2) is 9.18 Å². The molecule has 1 amide bonds. The van der Waals surface area contributed by atoms with Gasteiger partial charge in [-0.1, -0.05) is 11.8 Å². The van der Waals surface area contributed by atoms with E-state index in [2.05, 4.69) is 17.2 Å². The number of rotatable bonds is 5. The number of nitrogens with two attached hydrogens (primary N) is 1. The Morgan fingerprint density at radius 2 is 1.86 bits per heavy atom. The zero-order valence-corrected chi connectivity index (χ0v) is 16.0. The first kappa shape index (κ1) is 21.1. The number of amides is 1. The summed E-state index contributed by atoms with van der Waals surface area (Å²) in [6.07, 6.45) is -1.24. The Bertz CT molecular complexity index is 894. The van der Waals surface area contributed by atoms with Gasteiger partial charge in [-0.3, -0.25) is 5.32 Å². The zero-order valence-electron chi connectivity index (χ0n) is 16.0. The van der Waals surface area contributed by atoms with Crippen molar-refractivity contribution in [2.75, 3.05) is 24.3 Å². The van der Waals surface area contributed by atoms with Crippen molar-refractivity contribution in [2.24, 2.45) is 0 Å². The maximum Gasteiger partial charge on any atom is 0.409 e. The molecule has 4 N–H and O–H groups in total. The van der Waals surface area contributed by atoms with Crippen molar-refractivity contribution < 1.29 is 23.8 Å². The van der Waals surface area contributed by atoms with Gasteiger partial charge in [-0.15, -0.1) is 0 Å². The third kappa shape index (κ3) is 6.82. The van der Waals surface area contributed by atoms with Crippen molar-refractivity contribution in [1.82, 2.24) is 0 Å². The fourth-order valence-corrected chi connectivity index (χ4v) is 2.21. The van der Waals surface area contributed by atoms with Gasteiger partial charge in [0.15, 0.2) is 0 Å². The molecule has 6 nitrogen and oxygen atoms in total. The van der Waals surface area contributed by atoms with Crippen molar-refractivity contribution in [2.45, 2.75) is 26.4 Å². The summed E-state index contributed by atoms with van der Waals surface area (Å²) in [6.45, 7) is 6.40. The molecule has 0 aliphatic heterocycles. The van der Waals surface area contributed by atoms with Crippen LogP contribution >= 0.6 is 0 Å². The molecule has 0 heterocycles. The Labute approximate surface area is 163 Å². The van der Waals surface area contributed by atoms with Crippen molar-refractivity contribution in [1.29, 1.82) is 0 Å². The summed E-state index contributed by atoms with van der Waals surface area (Å²) < 4.78 is 24.4. The van der Waals surface area contributed by atoms with Crippen LogP contribution in [0.4, 0.5) is 20.6 Å². The summed E-state index contributed by atoms with van der Waals surface area (Å²) in [5.41, 5.74) is 7.13. The summed E-state index contributed by atoms with van der Waals surface area (Å²) >= 11 is 0. The average molecular weight is 386 g/mol. The van der Waals surface area contributed by atoms with Gasteiger partial charge in [-0.05, 0) is 51.1 Å². The monoisotopic (exact) mass is 386 g/mol. The van der Waals surface area contributed by atoms with Crippen LogP contribution in [0, 0.1) is 17.7 Å². The molecular weight excluding hydrogens is 363 g/mol. The third-order valence-corrected chi connectivity index (χ3v) is 3.46. The third-order valence-electron chi connectivity index (χ3n) is 3.46. The second kappa shape index (κ2) is 9.11. The van der Waals surface area contributed by atoms with Gasteiger partial charge in [0.1, 0.15) is 18.2 Å². The lowest BCUT2D eigenvalue weighted by Crippen LogP contribution is -2.22. The number of carbonyl (C=O) groups is 1. The van der Waals surface area contributed by atoms with Crippen molar-refractivity contribution in [3.8, 4) is 17.6 Å². The first-order chi connectivity index (χ1) is 13.1. The highest BCUT2D eigenvalue weighted by Crippen LogP contribution is 2.29. The molecule has 28 heavy (non-hydrogen) atoms. The lowest BCUT2D eigenvalue weighted by Gasteiger charge is -2.20. The molecule has 0 aromatic heterocycles. The van der Waals surface area contributed by atoms with Gasteiger partial charge in [0.25, 0.3) is 0 Å². The van der Waals surface area contributed by atoms with Crippen LogP contribution in [0.2, 0.25) is 0 Å². The van der Waals surface area contributed by atoms with Gasteiger partial charge in [0, 0.05) is 11.6 Å². The van der Waals surface area contributed by atoms with E-state index in [0.29, 0.717) is 23.5 Å². The average Bonchev–Trinajstić information content (AvgIpc) is 2.59. The lowest BCUT2D eigenvalue weighted by molar-refractivity contribution is -0.0163. The largest absolute Gasteiger partial charge is 0.490 e. The molecular formula is C21H23FN2O4. The summed E-state index contributed by atoms with van der Waals surface area (Å²) in [5.74, 6) is 5.86. The van der Waals surface area contributed by atoms with Crippen LogP contribution in [0.15, 0.2) is 36.4 Å². The maximum absolute atomic E-state index is 13.0. The molecule has 0 spiro atoms. The molecule has 0 unspecified atom stereocenters. The molecule has 0 saturated heterocycles. The fourth-order valence-electron chi connectivity index (χ4n) is 2.21. The predicted octanol–water partition coefficient (Wildman–Crippen LogP) is 4.09. The molecule has 0 aliphatic rings. The number of hydrogen-bond acceptors (Lipinski definition) is 4. The van der Waals surface area contributed by atoms with Crippen LogP contribution in [0.3, 0.4) is 0 Å². The molecule has 2 rings (SSSR count). The summed E-state index contributed by atoms with van der Waals surface area (Å²) in [6, 6.07) is 8.77. The number of halogens is 1. The Morgan fingerprint density at radius 1 is 1.18 bits per heavy atom. The Balaban J connectivity index is 2.27. The van der Waals surface area contributed by atoms with Gasteiger partial charge < -0.3 is 20.3 Å². The number of nitrogen functional groups attached to an aromatic ring is 1. The molecule has 2 aromatic rings. The highest BCUT2D eigenvalue weighted by atomic mass is 19.1. The summed E-state index contributed by atoms with van der Waals surface area (Å²) in [5, 5.41) is 11.2. The molecule has 148 valence electrons. The van der Waals surface area contributed by atoms with Crippen LogP contribution in [0.5, 0.6) is 5.75 Å². The van der Waals surface area contributed by atoms with Gasteiger partial charge in [0.2, 0.25) is 0 Å². The molecule has 0 aliphatic carbocycles. The standard InChI is InChI=1S/C21H23FN2O4/c1-21(2,3)28-11-10-27-19-13-18(24-20(25)26)17(23)12-15(19)7-4-14-5-8-16(22)9-6-14/h5-6,8-9,12-13,24H,10-11,23H2,1-3H3,(H,25,26). The second-order valence-electron chi connectivity index (χ2n) is 6.93. The topological polar surface area (TPSA) is 93.8 Å². The molecule has 0 fully saturated rings. The maximum atomic E-state index is 13.0. The van der Waals surface area contributed by atoms with Crippen LogP contribution in [0.1, 0.15) is 31.9 Å². The van der Waals surface area contributed by atoms with E-state index in [-0.39, 0.29) is 29.4 Å². The van der Waals surface area contributed by atoms with Crippen molar-refractivity contribution >= 4 is 17.5 Å². The smallest absolute Gasteiger partial charge is 0.409 e. The number of anilines is 2. The molecule has 0 bridgehead atoms. The number of benzene rings is 2. The Kier molecular flexibility index (Phi) is 6.85. The number of ether oxygens (including phenoxy) is 2. The van der Waals surface area contributed by atoms with Crippen LogP contribution in [-0.4, -0.2) is 30.0 Å². The predicted molar refractivity (Wildman–Crippen MR) is 106 cm³/mol. The van der Waals surface area contributed by atoms with E-state index in [1.54, 1.807) is 12.1 Å². The number of nitrogens with one attached hydrogen (secondary N) is 1. The van der Waals surface area contributed by atoms with Crippen LogP contribution in [0.25, 0.3) is 0 Å². The molecule has 0 saturated carbocycles. The highest BCUT2D eigenvalue weighted by molar-refractivity contribution is 5.88. The van der Waals surface area contributed by atoms with Crippen LogP contribution < -0.4 is 15.8 Å². The summed E-state index contributed by atoms with van der Waals surface area (Å²) in [7, 11) is 0. The van der Waals surface area contributed by atoms with Gasteiger partial charge in [0.05, 0.1) is 29.1 Å². The SMILES string of the molecule is CC(C)(C)OCCOc1cc(NC(=O)O)c(N)cc1C#Cc1ccc(F)cc1. The first-order valence-corrected chi connectivity index (χ1v) is 8.62. The number of carboxylic acid groups (broad SMARTS) is 1. The normalized spacial score (nSPS) is 10.7. The highest BCUT2D eigenvalue weighted by Gasteiger charge is 2.12. The fraction of sp³-hybridized carbons (Fsp3) is 0.286. The molecule has 7 heteroatoms. The van der Waals surface area contributed by atoms with E-state index in [1.165, 1.54) is 24.3 Å².